The second-order valence-corrected chi connectivity index (χ2v) is 5.04. The summed E-state index contributed by atoms with van der Waals surface area (Å²) in [5.74, 6) is -0.0655. The van der Waals surface area contributed by atoms with E-state index in [1.165, 1.54) is 11.3 Å². The van der Waals surface area contributed by atoms with Gasteiger partial charge in [0.25, 0.3) is 0 Å². The van der Waals surface area contributed by atoms with Crippen molar-refractivity contribution in [1.82, 2.24) is 0 Å². The fourth-order valence-corrected chi connectivity index (χ4v) is 2.73. The zero-order valence-electron chi connectivity index (χ0n) is 7.76. The van der Waals surface area contributed by atoms with E-state index < -0.39 is 0 Å². The number of hydrogen-bond donors (Lipinski definition) is 1. The molecule has 5 heteroatoms. The largest absolute Gasteiger partial charge is 0.293 e. The predicted molar refractivity (Wildman–Crippen MR) is 65.2 cm³/mol. The Bertz CT molecular complexity index is 396. The number of ketones is 1. The van der Waals surface area contributed by atoms with Crippen LogP contribution in [0.5, 0.6) is 0 Å². The van der Waals surface area contributed by atoms with Gasteiger partial charge in [-0.2, -0.15) is 0 Å². The van der Waals surface area contributed by atoms with Gasteiger partial charge < -0.3 is 0 Å². The Balaban J connectivity index is 3.37. The average Bonchev–Trinajstić information content (AvgIpc) is 2.43. The van der Waals surface area contributed by atoms with Crippen molar-refractivity contribution in [2.24, 2.45) is 0 Å². The predicted octanol–water partition coefficient (Wildman–Crippen LogP) is 3.01. The molecule has 1 aromatic rings. The van der Waals surface area contributed by atoms with Crippen LogP contribution in [0, 0.1) is 13.8 Å². The zero-order valence-corrected chi connectivity index (χ0v) is 11.1. The molecule has 0 amide bonds. The fourth-order valence-electron chi connectivity index (χ4n) is 1.18. The maximum absolute atomic E-state index is 11.5. The van der Waals surface area contributed by atoms with E-state index >= 15 is 0 Å². The first-order valence-corrected chi connectivity index (χ1v) is 6.30. The van der Waals surface area contributed by atoms with Crippen molar-refractivity contribution < 1.29 is 9.59 Å². The molecular formula is C9H9BrO2S2. The van der Waals surface area contributed by atoms with E-state index in [0.29, 0.717) is 10.4 Å². The maximum Gasteiger partial charge on any atom is 0.227 e. The quantitative estimate of drug-likeness (QED) is 0.528. The van der Waals surface area contributed by atoms with Crippen LogP contribution in [0.2, 0.25) is 0 Å². The van der Waals surface area contributed by atoms with Gasteiger partial charge in [-0.3, -0.25) is 9.59 Å². The van der Waals surface area contributed by atoms with E-state index in [4.69, 9.17) is 0 Å². The molecule has 0 radical (unpaired) electrons. The first kappa shape index (κ1) is 11.9. The van der Waals surface area contributed by atoms with E-state index in [9.17, 15) is 9.59 Å². The molecule has 0 saturated heterocycles. The number of carbonyl (C=O) groups excluding carboxylic acids is 2. The second-order valence-electron chi connectivity index (χ2n) is 2.85. The lowest BCUT2D eigenvalue weighted by Crippen LogP contribution is -2.05. The topological polar surface area (TPSA) is 34.1 Å². The Morgan fingerprint density at radius 1 is 1.43 bits per heavy atom. The van der Waals surface area contributed by atoms with Gasteiger partial charge in [-0.1, -0.05) is 28.6 Å². The molecule has 0 fully saturated rings. The lowest BCUT2D eigenvalue weighted by molar-refractivity contribution is 0.101. The molecule has 1 rings (SSSR count). The number of rotatable bonds is 3. The Morgan fingerprint density at radius 2 is 2.00 bits per heavy atom. The third kappa shape index (κ3) is 2.10. The summed E-state index contributed by atoms with van der Waals surface area (Å²) in [6, 6.07) is 0. The van der Waals surface area contributed by atoms with Crippen molar-refractivity contribution in [3.8, 4) is 0 Å². The summed E-state index contributed by atoms with van der Waals surface area (Å²) in [6.07, 6.45) is 0. The molecule has 76 valence electrons. The van der Waals surface area contributed by atoms with E-state index in [1.807, 2.05) is 13.8 Å². The van der Waals surface area contributed by atoms with Gasteiger partial charge in [0.1, 0.15) is 0 Å². The lowest BCUT2D eigenvalue weighted by Gasteiger charge is -1.98. The summed E-state index contributed by atoms with van der Waals surface area (Å²) in [4.78, 5) is 24.1. The number of carbonyl (C=O) groups is 2. The van der Waals surface area contributed by atoms with Crippen LogP contribution in [-0.2, 0) is 0 Å². The summed E-state index contributed by atoms with van der Waals surface area (Å²) in [7, 11) is 0. The average molecular weight is 293 g/mol. The molecule has 0 unspecified atom stereocenters. The number of thiol groups is 1. The summed E-state index contributed by atoms with van der Waals surface area (Å²) >= 11 is 8.18. The smallest absolute Gasteiger partial charge is 0.227 e. The van der Waals surface area contributed by atoms with Crippen molar-refractivity contribution in [1.29, 1.82) is 0 Å². The standard InChI is InChI=1S/C9H9BrO2S2/c1-4-5(2)14-8(9(12)13)7(4)6(11)3-10/h3H2,1-2H3,(H,12,13). The van der Waals surface area contributed by atoms with Crippen LogP contribution in [0.1, 0.15) is 30.5 Å². The van der Waals surface area contributed by atoms with Crippen LogP contribution in [0.4, 0.5) is 0 Å². The molecule has 0 bridgehead atoms. The summed E-state index contributed by atoms with van der Waals surface area (Å²) in [6.45, 7) is 3.74. The highest BCUT2D eigenvalue weighted by molar-refractivity contribution is 9.09. The van der Waals surface area contributed by atoms with Crippen LogP contribution in [0.15, 0.2) is 0 Å². The molecular weight excluding hydrogens is 284 g/mol. The third-order valence-corrected chi connectivity index (χ3v) is 4.07. The van der Waals surface area contributed by atoms with E-state index in [0.717, 1.165) is 10.4 Å². The second kappa shape index (κ2) is 4.59. The normalized spacial score (nSPS) is 10.3. The molecule has 0 spiro atoms. The first-order chi connectivity index (χ1) is 6.49. The van der Waals surface area contributed by atoms with Gasteiger partial charge in [-0.25, -0.2) is 0 Å². The van der Waals surface area contributed by atoms with Gasteiger partial charge in [0.2, 0.25) is 5.12 Å². The van der Waals surface area contributed by atoms with Crippen molar-refractivity contribution in [3.63, 3.8) is 0 Å². The van der Waals surface area contributed by atoms with E-state index in [2.05, 4.69) is 28.6 Å². The Morgan fingerprint density at radius 3 is 2.43 bits per heavy atom. The van der Waals surface area contributed by atoms with Crippen molar-refractivity contribution in [2.75, 3.05) is 5.33 Å². The Kier molecular flexibility index (Phi) is 3.92. The first-order valence-electron chi connectivity index (χ1n) is 3.91. The van der Waals surface area contributed by atoms with Gasteiger partial charge in [-0.15, -0.1) is 11.3 Å². The SMILES string of the molecule is Cc1sc(C(=O)S)c(C(=O)CBr)c1C. The maximum atomic E-state index is 11.5. The Labute approximate surface area is 100 Å². The van der Waals surface area contributed by atoms with Gasteiger partial charge >= 0.3 is 0 Å². The molecule has 0 aliphatic rings. The molecule has 0 aromatic carbocycles. The summed E-state index contributed by atoms with van der Waals surface area (Å²) in [5, 5.41) is -0.103. The van der Waals surface area contributed by atoms with Crippen LogP contribution in [0.25, 0.3) is 0 Å². The molecule has 0 saturated carbocycles. The van der Waals surface area contributed by atoms with Crippen molar-refractivity contribution in [2.45, 2.75) is 13.8 Å². The molecule has 1 heterocycles. The number of aryl methyl sites for hydroxylation is 1. The van der Waals surface area contributed by atoms with Crippen molar-refractivity contribution in [3.05, 3.63) is 20.9 Å². The Hall–Kier alpha value is -0.130. The minimum atomic E-state index is -0.337. The van der Waals surface area contributed by atoms with E-state index in [-0.39, 0.29) is 16.2 Å². The number of hydrogen-bond acceptors (Lipinski definition) is 3. The highest BCUT2D eigenvalue weighted by Crippen LogP contribution is 2.29. The molecule has 14 heavy (non-hydrogen) atoms. The lowest BCUT2D eigenvalue weighted by atomic mass is 10.1. The number of thiophene rings is 1. The minimum Gasteiger partial charge on any atom is -0.293 e. The van der Waals surface area contributed by atoms with Gasteiger partial charge in [0, 0.05) is 10.4 Å². The zero-order chi connectivity index (χ0) is 10.9. The molecule has 0 aliphatic heterocycles. The fraction of sp³-hybridized carbons (Fsp3) is 0.333. The minimum absolute atomic E-state index is 0.0655. The van der Waals surface area contributed by atoms with Gasteiger partial charge in [0.05, 0.1) is 10.2 Å². The summed E-state index contributed by atoms with van der Waals surface area (Å²) in [5.41, 5.74) is 1.40. The number of alkyl halides is 1. The number of Topliss-reactive ketones (excluding diaryl/α,β-unsaturated/α-hetero) is 1. The van der Waals surface area contributed by atoms with Crippen LogP contribution in [0.3, 0.4) is 0 Å². The van der Waals surface area contributed by atoms with Gasteiger partial charge in [0.15, 0.2) is 5.78 Å². The van der Waals surface area contributed by atoms with Crippen LogP contribution in [-0.4, -0.2) is 16.2 Å². The molecule has 1 aromatic heterocycles. The monoisotopic (exact) mass is 292 g/mol. The molecule has 0 atom stereocenters. The van der Waals surface area contributed by atoms with Gasteiger partial charge in [-0.05, 0) is 19.4 Å². The molecule has 0 N–H and O–H groups in total. The third-order valence-electron chi connectivity index (χ3n) is 1.98. The molecule has 0 aliphatic carbocycles. The highest BCUT2D eigenvalue weighted by Gasteiger charge is 2.21. The molecule has 2 nitrogen and oxygen atoms in total. The van der Waals surface area contributed by atoms with Crippen LogP contribution < -0.4 is 0 Å². The van der Waals surface area contributed by atoms with Crippen LogP contribution >= 0.6 is 39.9 Å². The number of halogens is 1. The van der Waals surface area contributed by atoms with E-state index in [1.54, 1.807) is 0 Å². The summed E-state index contributed by atoms with van der Waals surface area (Å²) < 4.78 is 0. The highest BCUT2D eigenvalue weighted by atomic mass is 79.9. The van der Waals surface area contributed by atoms with Crippen molar-refractivity contribution >= 4 is 50.8 Å².